The molecule has 1 unspecified atom stereocenters. The first-order chi connectivity index (χ1) is 2.93. The van der Waals surface area contributed by atoms with Crippen LogP contribution in [0.2, 0.25) is 0 Å². The third-order valence-electron chi connectivity index (χ3n) is 0.832. The molecule has 2 nitrogen and oxygen atoms in total. The molecule has 1 fully saturated rings. The van der Waals surface area contributed by atoms with Crippen LogP contribution in [0.25, 0.3) is 0 Å². The van der Waals surface area contributed by atoms with E-state index in [1.54, 1.807) is 0 Å². The minimum atomic E-state index is 0. The molecule has 0 amide bonds. The Morgan fingerprint density at radius 1 is 1.86 bits per heavy atom. The van der Waals surface area contributed by atoms with Gasteiger partial charge in [-0.25, -0.2) is 0 Å². The maximum atomic E-state index is 4.88. The SMILES string of the molecule is C=CCC1CO1.O. The largest absolute Gasteiger partial charge is 0.412 e. The lowest BCUT2D eigenvalue weighted by Crippen LogP contribution is -1.75. The van der Waals surface area contributed by atoms with Gasteiger partial charge in [0.2, 0.25) is 0 Å². The van der Waals surface area contributed by atoms with E-state index in [9.17, 15) is 0 Å². The van der Waals surface area contributed by atoms with Gasteiger partial charge in [0.1, 0.15) is 0 Å². The van der Waals surface area contributed by atoms with Crippen molar-refractivity contribution >= 4 is 0 Å². The van der Waals surface area contributed by atoms with Crippen LogP contribution in [-0.4, -0.2) is 18.2 Å². The van der Waals surface area contributed by atoms with E-state index >= 15 is 0 Å². The molecule has 0 spiro atoms. The van der Waals surface area contributed by atoms with Gasteiger partial charge in [-0.05, 0) is 6.42 Å². The lowest BCUT2D eigenvalue weighted by molar-refractivity contribution is 0.410. The molecule has 0 aromatic rings. The van der Waals surface area contributed by atoms with Crippen LogP contribution in [0.15, 0.2) is 12.7 Å². The van der Waals surface area contributed by atoms with Gasteiger partial charge in [-0.2, -0.15) is 0 Å². The van der Waals surface area contributed by atoms with Crippen LogP contribution in [0.4, 0.5) is 0 Å². The molecule has 1 saturated heterocycles. The molecule has 2 heteroatoms. The van der Waals surface area contributed by atoms with E-state index in [1.807, 2.05) is 6.08 Å². The lowest BCUT2D eigenvalue weighted by Gasteiger charge is -1.73. The zero-order valence-corrected chi connectivity index (χ0v) is 4.18. The fourth-order valence-corrected chi connectivity index (χ4v) is 0.390. The van der Waals surface area contributed by atoms with Crippen molar-refractivity contribution in [1.29, 1.82) is 0 Å². The molecular weight excluding hydrogens is 92.1 g/mol. The Labute approximate surface area is 43.1 Å². The first-order valence-electron chi connectivity index (χ1n) is 2.16. The second kappa shape index (κ2) is 2.77. The predicted molar refractivity (Wildman–Crippen MR) is 28.2 cm³/mol. The second-order valence-electron chi connectivity index (χ2n) is 1.48. The quantitative estimate of drug-likeness (QED) is 0.361. The Kier molecular flexibility index (Phi) is 2.64. The van der Waals surface area contributed by atoms with Gasteiger partial charge in [0.05, 0.1) is 12.7 Å². The zero-order valence-electron chi connectivity index (χ0n) is 4.18. The first-order valence-corrected chi connectivity index (χ1v) is 2.16. The number of ether oxygens (including phenoxy) is 1. The normalized spacial score (nSPS) is 25.4. The summed E-state index contributed by atoms with van der Waals surface area (Å²) < 4.78 is 4.88. The van der Waals surface area contributed by atoms with Gasteiger partial charge in [-0.15, -0.1) is 6.58 Å². The third-order valence-corrected chi connectivity index (χ3v) is 0.832. The van der Waals surface area contributed by atoms with Crippen molar-refractivity contribution in [3.8, 4) is 0 Å². The van der Waals surface area contributed by atoms with Gasteiger partial charge in [0, 0.05) is 0 Å². The maximum Gasteiger partial charge on any atom is 0.0844 e. The van der Waals surface area contributed by atoms with E-state index in [4.69, 9.17) is 4.74 Å². The number of hydrogen-bond acceptors (Lipinski definition) is 1. The van der Waals surface area contributed by atoms with Crippen molar-refractivity contribution in [2.24, 2.45) is 0 Å². The van der Waals surface area contributed by atoms with Crippen LogP contribution in [0.5, 0.6) is 0 Å². The van der Waals surface area contributed by atoms with Crippen molar-refractivity contribution in [1.82, 2.24) is 0 Å². The van der Waals surface area contributed by atoms with E-state index in [2.05, 4.69) is 6.58 Å². The van der Waals surface area contributed by atoms with Gasteiger partial charge >= 0.3 is 0 Å². The van der Waals surface area contributed by atoms with Crippen LogP contribution in [0, 0.1) is 0 Å². The van der Waals surface area contributed by atoms with Crippen LogP contribution >= 0.6 is 0 Å². The molecule has 0 aromatic carbocycles. The van der Waals surface area contributed by atoms with Crippen molar-refractivity contribution in [3.63, 3.8) is 0 Å². The summed E-state index contributed by atoms with van der Waals surface area (Å²) in [6, 6.07) is 0. The standard InChI is InChI=1S/C5H8O.H2O/c1-2-3-5-4-6-5;/h2,5H,1,3-4H2;1H2. The number of hydrogen-bond donors (Lipinski definition) is 0. The smallest absolute Gasteiger partial charge is 0.0844 e. The van der Waals surface area contributed by atoms with E-state index in [-0.39, 0.29) is 5.48 Å². The predicted octanol–water partition coefficient (Wildman–Crippen LogP) is 0.137. The number of epoxide rings is 1. The first kappa shape index (κ1) is 6.66. The molecule has 1 rings (SSSR count). The Morgan fingerprint density at radius 2 is 2.43 bits per heavy atom. The molecule has 1 atom stereocenters. The molecule has 2 N–H and O–H groups in total. The highest BCUT2D eigenvalue weighted by Gasteiger charge is 2.19. The monoisotopic (exact) mass is 102 g/mol. The topological polar surface area (TPSA) is 44.0 Å². The van der Waals surface area contributed by atoms with Crippen LogP contribution in [0.3, 0.4) is 0 Å². The Morgan fingerprint density at radius 3 is 2.57 bits per heavy atom. The molecule has 1 aliphatic rings. The average molecular weight is 102 g/mol. The summed E-state index contributed by atoms with van der Waals surface area (Å²) in [7, 11) is 0. The summed E-state index contributed by atoms with van der Waals surface area (Å²) in [6.07, 6.45) is 3.44. The summed E-state index contributed by atoms with van der Waals surface area (Å²) in [5.74, 6) is 0. The Hall–Kier alpha value is -0.340. The van der Waals surface area contributed by atoms with Crippen LogP contribution in [-0.2, 0) is 4.74 Å². The van der Waals surface area contributed by atoms with Crippen molar-refractivity contribution < 1.29 is 10.2 Å². The summed E-state index contributed by atoms with van der Waals surface area (Å²) in [4.78, 5) is 0. The molecule has 42 valence electrons. The van der Waals surface area contributed by atoms with Gasteiger partial charge < -0.3 is 10.2 Å². The number of rotatable bonds is 2. The van der Waals surface area contributed by atoms with Gasteiger partial charge in [-0.1, -0.05) is 6.08 Å². The minimum absolute atomic E-state index is 0. The molecule has 0 radical (unpaired) electrons. The van der Waals surface area contributed by atoms with Gasteiger partial charge in [0.15, 0.2) is 0 Å². The molecule has 0 bridgehead atoms. The second-order valence-corrected chi connectivity index (χ2v) is 1.48. The van der Waals surface area contributed by atoms with Crippen molar-refractivity contribution in [2.75, 3.05) is 6.61 Å². The highest BCUT2D eigenvalue weighted by molar-refractivity contribution is 4.79. The Bertz CT molecular complexity index is 57.1. The van der Waals surface area contributed by atoms with E-state index in [0.717, 1.165) is 13.0 Å². The molecule has 0 aromatic heterocycles. The van der Waals surface area contributed by atoms with Crippen LogP contribution in [0.1, 0.15) is 6.42 Å². The summed E-state index contributed by atoms with van der Waals surface area (Å²) >= 11 is 0. The van der Waals surface area contributed by atoms with Crippen molar-refractivity contribution in [3.05, 3.63) is 12.7 Å². The average Bonchev–Trinajstić information content (AvgIpc) is 2.21. The van der Waals surface area contributed by atoms with Crippen LogP contribution < -0.4 is 0 Å². The lowest BCUT2D eigenvalue weighted by atomic mass is 10.3. The fourth-order valence-electron chi connectivity index (χ4n) is 0.390. The molecule has 0 saturated carbocycles. The maximum absolute atomic E-state index is 4.88. The summed E-state index contributed by atoms with van der Waals surface area (Å²) in [5.41, 5.74) is 0. The van der Waals surface area contributed by atoms with Gasteiger partial charge in [0.25, 0.3) is 0 Å². The van der Waals surface area contributed by atoms with E-state index < -0.39 is 0 Å². The third kappa shape index (κ3) is 2.37. The van der Waals surface area contributed by atoms with Gasteiger partial charge in [-0.3, -0.25) is 0 Å². The molecule has 7 heavy (non-hydrogen) atoms. The molecular formula is C5H10O2. The van der Waals surface area contributed by atoms with E-state index in [0.29, 0.717) is 6.10 Å². The Balaban J connectivity index is 0.000000360. The van der Waals surface area contributed by atoms with E-state index in [1.165, 1.54) is 0 Å². The highest BCUT2D eigenvalue weighted by atomic mass is 16.6. The zero-order chi connectivity index (χ0) is 4.41. The molecule has 1 heterocycles. The molecule has 1 aliphatic heterocycles. The summed E-state index contributed by atoms with van der Waals surface area (Å²) in [5, 5.41) is 0. The highest BCUT2D eigenvalue weighted by Crippen LogP contribution is 2.12. The van der Waals surface area contributed by atoms with Crippen molar-refractivity contribution in [2.45, 2.75) is 12.5 Å². The minimum Gasteiger partial charge on any atom is -0.412 e. The molecule has 0 aliphatic carbocycles. The fraction of sp³-hybridized carbons (Fsp3) is 0.600. The summed E-state index contributed by atoms with van der Waals surface area (Å²) in [6.45, 7) is 4.51.